The van der Waals surface area contributed by atoms with Crippen LogP contribution in [-0.4, -0.2) is 11.9 Å². The first-order valence-corrected chi connectivity index (χ1v) is 12.4. The third-order valence-corrected chi connectivity index (χ3v) is 5.86. The van der Waals surface area contributed by atoms with Crippen LogP contribution < -0.4 is 9.47 Å². The number of hydrogen-bond acceptors (Lipinski definition) is 4. The maximum atomic E-state index is 12.2. The van der Waals surface area contributed by atoms with Crippen molar-refractivity contribution in [3.05, 3.63) is 109 Å². The van der Waals surface area contributed by atoms with Gasteiger partial charge in [0.25, 0.3) is 0 Å². The molecule has 0 unspecified atom stereocenters. The molecule has 0 fully saturated rings. The van der Waals surface area contributed by atoms with Crippen molar-refractivity contribution >= 4 is 11.9 Å². The van der Waals surface area contributed by atoms with E-state index in [-0.39, 0.29) is 11.9 Å². The number of ether oxygens (including phenoxy) is 2. The SMILES string of the molecule is O=C(CCCCCCC(=O)Oc1cccc(-c2ccccc2)c1)Oc1cccc(-c2ccccc2)c1. The minimum atomic E-state index is -0.238. The zero-order valence-corrected chi connectivity index (χ0v) is 20.3. The van der Waals surface area contributed by atoms with Crippen LogP contribution >= 0.6 is 0 Å². The summed E-state index contributed by atoms with van der Waals surface area (Å²) in [6.07, 6.45) is 3.88. The maximum Gasteiger partial charge on any atom is 0.311 e. The lowest BCUT2D eigenvalue weighted by Gasteiger charge is -2.08. The molecule has 0 aliphatic carbocycles. The molecule has 36 heavy (non-hydrogen) atoms. The van der Waals surface area contributed by atoms with Gasteiger partial charge in [0, 0.05) is 12.8 Å². The molecule has 4 aromatic carbocycles. The number of carbonyl (C=O) groups is 2. The van der Waals surface area contributed by atoms with E-state index in [2.05, 4.69) is 0 Å². The van der Waals surface area contributed by atoms with Gasteiger partial charge in [0.2, 0.25) is 0 Å². The Hall–Kier alpha value is -4.18. The fraction of sp³-hybridized carbons (Fsp3) is 0.188. The molecule has 0 atom stereocenters. The van der Waals surface area contributed by atoms with Gasteiger partial charge in [-0.2, -0.15) is 0 Å². The average molecular weight is 479 g/mol. The summed E-state index contributed by atoms with van der Waals surface area (Å²) < 4.78 is 11.0. The highest BCUT2D eigenvalue weighted by Crippen LogP contribution is 2.25. The molecule has 4 aromatic rings. The quantitative estimate of drug-likeness (QED) is 0.125. The molecule has 0 saturated heterocycles. The number of unbranched alkanes of at least 4 members (excludes halogenated alkanes) is 3. The summed E-state index contributed by atoms with van der Waals surface area (Å²) in [4.78, 5) is 24.5. The Morgan fingerprint density at radius 2 is 0.833 bits per heavy atom. The molecule has 182 valence electrons. The molecule has 0 bridgehead atoms. The zero-order valence-electron chi connectivity index (χ0n) is 20.3. The van der Waals surface area contributed by atoms with E-state index in [1.807, 2.05) is 97.1 Å². The second-order valence-corrected chi connectivity index (χ2v) is 8.65. The molecule has 0 aromatic heterocycles. The van der Waals surface area contributed by atoms with Gasteiger partial charge >= 0.3 is 11.9 Å². The summed E-state index contributed by atoms with van der Waals surface area (Å²) in [5.41, 5.74) is 4.19. The van der Waals surface area contributed by atoms with E-state index in [1.54, 1.807) is 12.1 Å². The van der Waals surface area contributed by atoms with Crippen LogP contribution in [0.4, 0.5) is 0 Å². The number of esters is 2. The van der Waals surface area contributed by atoms with Crippen molar-refractivity contribution in [1.29, 1.82) is 0 Å². The Bertz CT molecular complexity index is 1160. The molecule has 0 spiro atoms. The largest absolute Gasteiger partial charge is 0.427 e. The monoisotopic (exact) mass is 478 g/mol. The molecule has 4 rings (SSSR count). The van der Waals surface area contributed by atoms with E-state index >= 15 is 0 Å². The molecular formula is C32H30O4. The highest BCUT2D eigenvalue weighted by Gasteiger charge is 2.08. The van der Waals surface area contributed by atoms with Gasteiger partial charge in [-0.3, -0.25) is 9.59 Å². The van der Waals surface area contributed by atoms with Crippen LogP contribution in [0.2, 0.25) is 0 Å². The van der Waals surface area contributed by atoms with Gasteiger partial charge in [0.15, 0.2) is 0 Å². The summed E-state index contributed by atoms with van der Waals surface area (Å²) in [7, 11) is 0. The van der Waals surface area contributed by atoms with E-state index in [4.69, 9.17) is 9.47 Å². The van der Waals surface area contributed by atoms with Crippen molar-refractivity contribution < 1.29 is 19.1 Å². The standard InChI is InChI=1S/C32H30O4/c33-31(35-29-19-11-17-27(23-29)25-13-5-3-6-14-25)21-9-1-2-10-22-32(34)36-30-20-12-18-28(24-30)26-15-7-4-8-16-26/h3-8,11-20,23-24H,1-2,9-10,21-22H2. The topological polar surface area (TPSA) is 52.6 Å². The van der Waals surface area contributed by atoms with Gasteiger partial charge in [0.05, 0.1) is 0 Å². The lowest BCUT2D eigenvalue weighted by molar-refractivity contribution is -0.135. The predicted molar refractivity (Wildman–Crippen MR) is 143 cm³/mol. The van der Waals surface area contributed by atoms with Crippen molar-refractivity contribution in [2.75, 3.05) is 0 Å². The van der Waals surface area contributed by atoms with E-state index < -0.39 is 0 Å². The summed E-state index contributed by atoms with van der Waals surface area (Å²) >= 11 is 0. The molecular weight excluding hydrogens is 448 g/mol. The molecule has 0 aliphatic heterocycles. The van der Waals surface area contributed by atoms with Crippen LogP contribution in [0, 0.1) is 0 Å². The highest BCUT2D eigenvalue weighted by molar-refractivity contribution is 5.74. The second-order valence-electron chi connectivity index (χ2n) is 8.65. The van der Waals surface area contributed by atoms with E-state index in [0.29, 0.717) is 24.3 Å². The lowest BCUT2D eigenvalue weighted by Crippen LogP contribution is -2.08. The van der Waals surface area contributed by atoms with Gasteiger partial charge in [-0.25, -0.2) is 0 Å². The first kappa shape index (κ1) is 24.9. The zero-order chi connectivity index (χ0) is 25.0. The van der Waals surface area contributed by atoms with Crippen molar-refractivity contribution in [3.63, 3.8) is 0 Å². The van der Waals surface area contributed by atoms with E-state index in [9.17, 15) is 9.59 Å². The normalized spacial score (nSPS) is 10.6. The van der Waals surface area contributed by atoms with Gasteiger partial charge in [-0.1, -0.05) is 97.8 Å². The van der Waals surface area contributed by atoms with Crippen LogP contribution in [0.5, 0.6) is 11.5 Å². The van der Waals surface area contributed by atoms with Gasteiger partial charge in [-0.15, -0.1) is 0 Å². The number of hydrogen-bond donors (Lipinski definition) is 0. The molecule has 0 radical (unpaired) electrons. The number of rotatable bonds is 11. The Kier molecular flexibility index (Phi) is 9.04. The number of carbonyl (C=O) groups excluding carboxylic acids is 2. The van der Waals surface area contributed by atoms with Gasteiger partial charge < -0.3 is 9.47 Å². The molecule has 4 nitrogen and oxygen atoms in total. The Balaban J connectivity index is 1.13. The fourth-order valence-corrected chi connectivity index (χ4v) is 4.00. The smallest absolute Gasteiger partial charge is 0.311 e. The summed E-state index contributed by atoms with van der Waals surface area (Å²) in [6.45, 7) is 0. The van der Waals surface area contributed by atoms with Crippen molar-refractivity contribution in [1.82, 2.24) is 0 Å². The van der Waals surface area contributed by atoms with E-state index in [1.165, 1.54) is 0 Å². The minimum Gasteiger partial charge on any atom is -0.427 e. The third-order valence-electron chi connectivity index (χ3n) is 5.86. The summed E-state index contributed by atoms with van der Waals surface area (Å²) in [6, 6.07) is 35.1. The predicted octanol–water partition coefficient (Wildman–Crippen LogP) is 7.87. The van der Waals surface area contributed by atoms with Crippen molar-refractivity contribution in [2.45, 2.75) is 38.5 Å². The molecule has 0 aliphatic rings. The van der Waals surface area contributed by atoms with Crippen LogP contribution in [0.25, 0.3) is 22.3 Å². The molecule has 0 N–H and O–H groups in total. The second kappa shape index (κ2) is 13.1. The molecule has 0 saturated carbocycles. The van der Waals surface area contributed by atoms with Crippen LogP contribution in [0.15, 0.2) is 109 Å². The van der Waals surface area contributed by atoms with Crippen molar-refractivity contribution in [3.8, 4) is 33.8 Å². The third kappa shape index (κ3) is 7.67. The molecule has 4 heteroatoms. The fourth-order valence-electron chi connectivity index (χ4n) is 4.00. The maximum absolute atomic E-state index is 12.2. The van der Waals surface area contributed by atoms with Crippen LogP contribution in [0.1, 0.15) is 38.5 Å². The van der Waals surface area contributed by atoms with Crippen LogP contribution in [0.3, 0.4) is 0 Å². The lowest BCUT2D eigenvalue weighted by atomic mass is 10.1. The molecule has 0 heterocycles. The minimum absolute atomic E-state index is 0.238. The molecule has 0 amide bonds. The first-order chi connectivity index (χ1) is 17.7. The highest BCUT2D eigenvalue weighted by atomic mass is 16.5. The first-order valence-electron chi connectivity index (χ1n) is 12.4. The number of benzene rings is 4. The van der Waals surface area contributed by atoms with E-state index in [0.717, 1.165) is 47.9 Å². The Morgan fingerprint density at radius 1 is 0.444 bits per heavy atom. The average Bonchev–Trinajstić information content (AvgIpc) is 2.92. The summed E-state index contributed by atoms with van der Waals surface area (Å²) in [5.74, 6) is 0.636. The Morgan fingerprint density at radius 3 is 1.25 bits per heavy atom. The Labute approximate surface area is 212 Å². The van der Waals surface area contributed by atoms with Gasteiger partial charge in [0.1, 0.15) is 11.5 Å². The van der Waals surface area contributed by atoms with Crippen LogP contribution in [-0.2, 0) is 9.59 Å². The summed E-state index contributed by atoms with van der Waals surface area (Å²) in [5, 5.41) is 0. The van der Waals surface area contributed by atoms with Crippen molar-refractivity contribution in [2.24, 2.45) is 0 Å². The van der Waals surface area contributed by atoms with Gasteiger partial charge in [-0.05, 0) is 59.4 Å².